The Labute approximate surface area is 177 Å². The van der Waals surface area contributed by atoms with Crippen molar-refractivity contribution in [2.75, 3.05) is 17.7 Å². The summed E-state index contributed by atoms with van der Waals surface area (Å²) in [4.78, 5) is 16.5. The van der Waals surface area contributed by atoms with Gasteiger partial charge in [0.25, 0.3) is 0 Å². The molecule has 30 heavy (non-hydrogen) atoms. The van der Waals surface area contributed by atoms with Crippen molar-refractivity contribution in [2.45, 2.75) is 12.1 Å². The molecule has 152 valence electrons. The molecule has 0 saturated carbocycles. The van der Waals surface area contributed by atoms with Crippen LogP contribution in [-0.4, -0.2) is 42.8 Å². The lowest BCUT2D eigenvalue weighted by Crippen LogP contribution is -2.15. The number of benzene rings is 1. The molecule has 0 aliphatic rings. The molecule has 4 aromatic rings. The number of pyridine rings is 1. The summed E-state index contributed by atoms with van der Waals surface area (Å²) in [6.07, 6.45) is 7.22. The number of amides is 1. The van der Waals surface area contributed by atoms with Crippen molar-refractivity contribution in [2.24, 2.45) is 0 Å². The Balaban J connectivity index is 1.48. The van der Waals surface area contributed by atoms with Gasteiger partial charge in [-0.15, -0.1) is 10.2 Å². The molecule has 0 saturated heterocycles. The second-order valence-electron chi connectivity index (χ2n) is 6.21. The average molecular weight is 420 g/mol. The van der Waals surface area contributed by atoms with Gasteiger partial charge in [0.1, 0.15) is 5.75 Å². The van der Waals surface area contributed by atoms with Gasteiger partial charge >= 0.3 is 0 Å². The van der Waals surface area contributed by atoms with E-state index in [1.54, 1.807) is 12.4 Å². The maximum Gasteiger partial charge on any atom is 0.234 e. The molecule has 0 atom stereocenters. The number of rotatable bonds is 8. The van der Waals surface area contributed by atoms with Crippen molar-refractivity contribution in [3.05, 3.63) is 73.3 Å². The highest BCUT2D eigenvalue weighted by Gasteiger charge is 2.17. The molecule has 1 aromatic carbocycles. The summed E-state index contributed by atoms with van der Waals surface area (Å²) < 4.78 is 9.16. The minimum atomic E-state index is -0.128. The Hall–Kier alpha value is -3.59. The maximum atomic E-state index is 12.4. The lowest BCUT2D eigenvalue weighted by molar-refractivity contribution is -0.113. The van der Waals surface area contributed by atoms with Gasteiger partial charge in [-0.2, -0.15) is 0 Å². The molecule has 3 aromatic heterocycles. The first-order valence-corrected chi connectivity index (χ1v) is 10.4. The molecule has 3 heterocycles. The molecule has 4 rings (SSSR count). The van der Waals surface area contributed by atoms with E-state index in [-0.39, 0.29) is 11.7 Å². The Morgan fingerprint density at radius 3 is 2.50 bits per heavy atom. The van der Waals surface area contributed by atoms with Crippen LogP contribution < -0.4 is 10.1 Å². The summed E-state index contributed by atoms with van der Waals surface area (Å²) in [6, 6.07) is 14.9. The van der Waals surface area contributed by atoms with Crippen LogP contribution in [0.5, 0.6) is 5.75 Å². The second kappa shape index (κ2) is 9.27. The Bertz CT molecular complexity index is 1090. The summed E-state index contributed by atoms with van der Waals surface area (Å²) in [5.41, 5.74) is 1.60. The minimum Gasteiger partial charge on any atom is -0.494 e. The van der Waals surface area contributed by atoms with Gasteiger partial charge in [-0.3, -0.25) is 14.5 Å². The highest BCUT2D eigenvalue weighted by molar-refractivity contribution is 7.99. The fourth-order valence-corrected chi connectivity index (χ4v) is 3.57. The largest absolute Gasteiger partial charge is 0.494 e. The van der Waals surface area contributed by atoms with E-state index in [0.717, 1.165) is 11.3 Å². The topological polar surface area (TPSA) is 86.9 Å². The fraction of sp³-hybridized carbons (Fsp3) is 0.143. The van der Waals surface area contributed by atoms with Gasteiger partial charge in [0.15, 0.2) is 5.82 Å². The first kappa shape index (κ1) is 19.7. The second-order valence-corrected chi connectivity index (χ2v) is 7.15. The van der Waals surface area contributed by atoms with Crippen LogP contribution in [-0.2, 0) is 4.79 Å². The van der Waals surface area contributed by atoms with Crippen LogP contribution in [0.2, 0.25) is 0 Å². The summed E-state index contributed by atoms with van der Waals surface area (Å²) in [7, 11) is 0. The Kier molecular flexibility index (Phi) is 6.09. The monoisotopic (exact) mass is 420 g/mol. The highest BCUT2D eigenvalue weighted by atomic mass is 32.2. The first-order chi connectivity index (χ1) is 14.7. The number of hydrogen-bond acceptors (Lipinski definition) is 6. The predicted octanol–water partition coefficient (Wildman–Crippen LogP) is 3.58. The molecule has 0 aliphatic heterocycles. The van der Waals surface area contributed by atoms with E-state index in [2.05, 4.69) is 20.5 Å². The zero-order chi connectivity index (χ0) is 20.8. The first-order valence-electron chi connectivity index (χ1n) is 9.39. The van der Waals surface area contributed by atoms with Crippen molar-refractivity contribution in [3.63, 3.8) is 0 Å². The molecular weight excluding hydrogens is 400 g/mol. The van der Waals surface area contributed by atoms with E-state index in [1.165, 1.54) is 11.8 Å². The summed E-state index contributed by atoms with van der Waals surface area (Å²) in [6.45, 7) is 2.53. The summed E-state index contributed by atoms with van der Waals surface area (Å²) >= 11 is 1.32. The quantitative estimate of drug-likeness (QED) is 0.439. The lowest BCUT2D eigenvalue weighted by atomic mass is 10.2. The summed E-state index contributed by atoms with van der Waals surface area (Å²) in [5, 5.41) is 12.1. The smallest absolute Gasteiger partial charge is 0.234 e. The normalized spacial score (nSPS) is 10.7. The van der Waals surface area contributed by atoms with Crippen LogP contribution in [0, 0.1) is 0 Å². The molecule has 0 bridgehead atoms. The molecule has 0 radical (unpaired) electrons. The van der Waals surface area contributed by atoms with Gasteiger partial charge < -0.3 is 10.1 Å². The van der Waals surface area contributed by atoms with E-state index in [9.17, 15) is 4.79 Å². The van der Waals surface area contributed by atoms with Gasteiger partial charge in [-0.05, 0) is 55.5 Å². The number of aromatic nitrogens is 5. The van der Waals surface area contributed by atoms with Crippen LogP contribution in [0.3, 0.4) is 0 Å². The van der Waals surface area contributed by atoms with Gasteiger partial charge in [-0.25, -0.2) is 4.68 Å². The zero-order valence-electron chi connectivity index (χ0n) is 16.3. The van der Waals surface area contributed by atoms with Crippen molar-refractivity contribution in [1.82, 2.24) is 24.5 Å². The zero-order valence-corrected chi connectivity index (χ0v) is 17.1. The standard InChI is InChI=1S/C21H20N6O2S/c1-2-29-18-7-5-17(6-8-18)23-19(28)15-30-21-25-24-20(16-9-11-22-12-10-16)27(21)26-13-3-4-14-26/h3-14H,2,15H2,1H3,(H,23,28). The number of hydrogen-bond donors (Lipinski definition) is 1. The number of carbonyl (C=O) groups is 1. The van der Waals surface area contributed by atoms with Crippen LogP contribution in [0.25, 0.3) is 11.4 Å². The number of nitrogens with one attached hydrogen (secondary N) is 1. The molecule has 0 spiro atoms. The van der Waals surface area contributed by atoms with Crippen molar-refractivity contribution in [3.8, 4) is 17.1 Å². The third kappa shape index (κ3) is 4.52. The molecule has 0 unspecified atom stereocenters. The van der Waals surface area contributed by atoms with Crippen molar-refractivity contribution >= 4 is 23.4 Å². The number of carbonyl (C=O) groups excluding carboxylic acids is 1. The van der Waals surface area contributed by atoms with E-state index in [0.29, 0.717) is 23.3 Å². The molecule has 9 heteroatoms. The van der Waals surface area contributed by atoms with Gasteiger partial charge in [0.05, 0.1) is 12.4 Å². The number of nitrogens with zero attached hydrogens (tertiary/aromatic N) is 5. The van der Waals surface area contributed by atoms with E-state index in [4.69, 9.17) is 4.74 Å². The van der Waals surface area contributed by atoms with Crippen LogP contribution in [0.15, 0.2) is 78.5 Å². The van der Waals surface area contributed by atoms with Crippen molar-refractivity contribution < 1.29 is 9.53 Å². The number of thioether (sulfide) groups is 1. The van der Waals surface area contributed by atoms with Crippen LogP contribution in [0.1, 0.15) is 6.92 Å². The fourth-order valence-electron chi connectivity index (χ4n) is 2.83. The molecule has 0 aliphatic carbocycles. The van der Waals surface area contributed by atoms with Gasteiger partial charge in [0.2, 0.25) is 11.1 Å². The van der Waals surface area contributed by atoms with E-state index in [1.807, 2.05) is 77.2 Å². The minimum absolute atomic E-state index is 0.128. The Morgan fingerprint density at radius 2 is 1.80 bits per heavy atom. The summed E-state index contributed by atoms with van der Waals surface area (Å²) in [5.74, 6) is 1.51. The average Bonchev–Trinajstić information content (AvgIpc) is 3.44. The molecule has 0 fully saturated rings. The number of anilines is 1. The van der Waals surface area contributed by atoms with E-state index < -0.39 is 0 Å². The number of ether oxygens (including phenoxy) is 1. The Morgan fingerprint density at radius 1 is 1.07 bits per heavy atom. The van der Waals surface area contributed by atoms with Gasteiger partial charge in [-0.1, -0.05) is 11.8 Å². The maximum absolute atomic E-state index is 12.4. The third-order valence-electron chi connectivity index (χ3n) is 4.15. The molecule has 1 amide bonds. The SMILES string of the molecule is CCOc1ccc(NC(=O)CSc2nnc(-c3ccncc3)n2-n2cccc2)cc1. The van der Waals surface area contributed by atoms with Crippen LogP contribution in [0.4, 0.5) is 5.69 Å². The highest BCUT2D eigenvalue weighted by Crippen LogP contribution is 2.24. The molecule has 1 N–H and O–H groups in total. The van der Waals surface area contributed by atoms with E-state index >= 15 is 0 Å². The molecule has 8 nitrogen and oxygen atoms in total. The lowest BCUT2D eigenvalue weighted by Gasteiger charge is -2.11. The molecular formula is C21H20N6O2S. The predicted molar refractivity (Wildman–Crippen MR) is 115 cm³/mol. The van der Waals surface area contributed by atoms with Gasteiger partial charge in [0, 0.05) is 36.0 Å². The van der Waals surface area contributed by atoms with Crippen molar-refractivity contribution in [1.29, 1.82) is 0 Å². The third-order valence-corrected chi connectivity index (χ3v) is 5.07. The van der Waals surface area contributed by atoms with Crippen LogP contribution >= 0.6 is 11.8 Å².